The number of aromatic carboxylic acids is 2. The Morgan fingerprint density at radius 3 is 1.10 bits per heavy atom. The first kappa shape index (κ1) is 36.1. The van der Waals surface area contributed by atoms with E-state index in [1.807, 2.05) is 133 Å². The van der Waals surface area contributed by atoms with Gasteiger partial charge in [0.2, 0.25) is 0 Å². The molecule has 0 aliphatic rings. The van der Waals surface area contributed by atoms with Crippen molar-refractivity contribution in [1.29, 1.82) is 0 Å². The van der Waals surface area contributed by atoms with Crippen LogP contribution < -0.4 is 9.47 Å². The summed E-state index contributed by atoms with van der Waals surface area (Å²) in [7, 11) is 0. The lowest BCUT2D eigenvalue weighted by molar-refractivity contribution is 0.0686. The highest BCUT2D eigenvalue weighted by molar-refractivity contribution is 6.10. The van der Waals surface area contributed by atoms with E-state index in [-0.39, 0.29) is 11.1 Å². The van der Waals surface area contributed by atoms with Crippen molar-refractivity contribution in [3.63, 3.8) is 0 Å². The van der Waals surface area contributed by atoms with Gasteiger partial charge in [0.25, 0.3) is 0 Å². The predicted molar refractivity (Wildman–Crippen MR) is 240 cm³/mol. The Morgan fingerprint density at radius 1 is 0.333 bits per heavy atom. The first-order chi connectivity index (χ1) is 29.4. The molecule has 10 rings (SSSR count). The Kier molecular flexibility index (Phi) is 9.00. The summed E-state index contributed by atoms with van der Waals surface area (Å²) in [5, 5.41) is 28.1. The van der Waals surface area contributed by atoms with Crippen LogP contribution in [-0.2, 0) is 0 Å². The number of carboxylic acid groups (broad SMARTS) is 2. The molecule has 0 atom stereocenters. The monoisotopic (exact) mass is 778 g/mol. The minimum absolute atomic E-state index is 0.144. The molecule has 10 aromatic carbocycles. The third-order valence-corrected chi connectivity index (χ3v) is 11.0. The minimum atomic E-state index is -1.04. The van der Waals surface area contributed by atoms with Gasteiger partial charge in [0.15, 0.2) is 0 Å². The normalized spacial score (nSPS) is 11.3. The van der Waals surface area contributed by atoms with Crippen molar-refractivity contribution in [2.75, 3.05) is 0 Å². The fraction of sp³-hybridized carbons (Fsp3) is 0. The fourth-order valence-corrected chi connectivity index (χ4v) is 8.09. The maximum absolute atomic E-state index is 12.3. The molecule has 0 aromatic heterocycles. The van der Waals surface area contributed by atoms with Crippen LogP contribution in [0.25, 0.3) is 76.5 Å². The molecule has 0 aliphatic carbocycles. The van der Waals surface area contributed by atoms with Crippen LogP contribution in [0.1, 0.15) is 20.7 Å². The quantitative estimate of drug-likeness (QED) is 0.152. The van der Waals surface area contributed by atoms with E-state index in [9.17, 15) is 19.8 Å². The first-order valence-corrected chi connectivity index (χ1v) is 19.5. The van der Waals surface area contributed by atoms with Crippen LogP contribution in [0.5, 0.6) is 23.0 Å². The first-order valence-electron chi connectivity index (χ1n) is 19.5. The maximum atomic E-state index is 12.3. The van der Waals surface area contributed by atoms with Gasteiger partial charge in [0.05, 0.1) is 11.1 Å². The van der Waals surface area contributed by atoms with E-state index in [0.717, 1.165) is 65.3 Å². The third kappa shape index (κ3) is 6.62. The third-order valence-electron chi connectivity index (χ3n) is 11.0. The Morgan fingerprint density at radius 2 is 0.683 bits per heavy atom. The van der Waals surface area contributed by atoms with E-state index in [1.54, 1.807) is 36.4 Å². The zero-order chi connectivity index (χ0) is 40.7. The number of hydrogen-bond donors (Lipinski definition) is 2. The summed E-state index contributed by atoms with van der Waals surface area (Å²) < 4.78 is 14.0. The molecule has 0 saturated heterocycles. The summed E-state index contributed by atoms with van der Waals surface area (Å²) in [5.41, 5.74) is 4.74. The highest BCUT2D eigenvalue weighted by Gasteiger charge is 2.23. The topological polar surface area (TPSA) is 93.1 Å². The van der Waals surface area contributed by atoms with Crippen LogP contribution in [0.15, 0.2) is 194 Å². The average molecular weight is 779 g/mol. The second-order valence-electron chi connectivity index (χ2n) is 14.7. The van der Waals surface area contributed by atoms with Gasteiger partial charge in [-0.2, -0.15) is 0 Å². The maximum Gasteiger partial charge on any atom is 0.335 e. The van der Waals surface area contributed by atoms with E-state index in [2.05, 4.69) is 24.3 Å². The zero-order valence-electron chi connectivity index (χ0n) is 32.0. The van der Waals surface area contributed by atoms with Gasteiger partial charge in [-0.15, -0.1) is 0 Å². The van der Waals surface area contributed by atoms with Gasteiger partial charge in [-0.05, 0) is 115 Å². The van der Waals surface area contributed by atoms with E-state index in [0.29, 0.717) is 34.1 Å². The summed E-state index contributed by atoms with van der Waals surface area (Å²) in [6, 6.07) is 62.2. The van der Waals surface area contributed by atoms with Crippen molar-refractivity contribution in [3.05, 3.63) is 205 Å². The second kappa shape index (κ2) is 14.9. The second-order valence-corrected chi connectivity index (χ2v) is 14.7. The van der Waals surface area contributed by atoms with Crippen LogP contribution in [0.2, 0.25) is 0 Å². The van der Waals surface area contributed by atoms with E-state index in [1.165, 1.54) is 0 Å². The molecule has 0 bridgehead atoms. The van der Waals surface area contributed by atoms with E-state index < -0.39 is 11.9 Å². The van der Waals surface area contributed by atoms with Crippen LogP contribution >= 0.6 is 0 Å². The number of fused-ring (bicyclic) bond motifs is 4. The Labute approximate surface area is 344 Å². The van der Waals surface area contributed by atoms with Gasteiger partial charge >= 0.3 is 11.9 Å². The summed E-state index contributed by atoms with van der Waals surface area (Å²) in [4.78, 5) is 24.6. The van der Waals surface area contributed by atoms with Crippen LogP contribution in [0, 0.1) is 0 Å². The largest absolute Gasteiger partial charge is 0.478 e. The molecule has 0 heterocycles. The lowest BCUT2D eigenvalue weighted by Gasteiger charge is -2.21. The lowest BCUT2D eigenvalue weighted by atomic mass is 9.92. The molecule has 2 N–H and O–H groups in total. The fourth-order valence-electron chi connectivity index (χ4n) is 8.09. The summed E-state index contributed by atoms with van der Waals surface area (Å²) >= 11 is 0. The van der Waals surface area contributed by atoms with Gasteiger partial charge in [-0.1, -0.05) is 133 Å². The predicted octanol–water partition coefficient (Wildman–Crippen LogP) is 14.3. The number of carboxylic acids is 2. The van der Waals surface area contributed by atoms with Crippen LogP contribution in [-0.4, -0.2) is 22.2 Å². The molecule has 0 unspecified atom stereocenters. The molecule has 0 amide bonds. The Balaban J connectivity index is 1.18. The Bertz CT molecular complexity index is 3120. The highest BCUT2D eigenvalue weighted by Crippen LogP contribution is 2.49. The zero-order valence-corrected chi connectivity index (χ0v) is 32.0. The van der Waals surface area contributed by atoms with Gasteiger partial charge in [0, 0.05) is 22.3 Å². The van der Waals surface area contributed by atoms with Crippen molar-refractivity contribution in [3.8, 4) is 56.4 Å². The SMILES string of the molecule is O=C(O)c1ccc(Oc2ccc3ccccc3c2-c2c(Oc3ccc(C(=O)O)cc3-c3ccc4ccccc4c3)ccc3ccccc23)c(-c2ccc3ccccc3c2)c1. The average Bonchev–Trinajstić information content (AvgIpc) is 3.29. The Hall–Kier alpha value is -8.22. The van der Waals surface area contributed by atoms with Crippen molar-refractivity contribution >= 4 is 55.0 Å². The van der Waals surface area contributed by atoms with E-state index in [4.69, 9.17) is 9.47 Å². The van der Waals surface area contributed by atoms with Crippen molar-refractivity contribution in [2.45, 2.75) is 0 Å². The highest BCUT2D eigenvalue weighted by atomic mass is 16.5. The molecule has 286 valence electrons. The molecule has 0 saturated carbocycles. The number of rotatable bonds is 9. The summed E-state index contributed by atoms with van der Waals surface area (Å²) in [6.07, 6.45) is 0. The van der Waals surface area contributed by atoms with Gasteiger partial charge in [-0.3, -0.25) is 0 Å². The molecule has 60 heavy (non-hydrogen) atoms. The summed E-state index contributed by atoms with van der Waals surface area (Å²) in [5.74, 6) is -0.0272. The molecule has 0 spiro atoms. The standard InChI is InChI=1S/C54H34O6/c55-53(56)41-23-25-47(45(31-41)39-19-17-33-9-1-3-13-37(33)29-39)59-49-27-21-35-11-5-7-15-43(35)51(49)52-44-16-8-6-12-36(44)22-28-50(52)60-48-26-24-42(54(57)58)32-46(48)40-20-18-34-10-2-4-14-38(34)30-40/h1-32H,(H,55,56)(H,57,58). The molecule has 0 fully saturated rings. The molecule has 0 radical (unpaired) electrons. The molecular weight excluding hydrogens is 745 g/mol. The number of carbonyl (C=O) groups is 2. The smallest absolute Gasteiger partial charge is 0.335 e. The van der Waals surface area contributed by atoms with Crippen LogP contribution in [0.4, 0.5) is 0 Å². The van der Waals surface area contributed by atoms with E-state index >= 15 is 0 Å². The van der Waals surface area contributed by atoms with Gasteiger partial charge in [-0.25, -0.2) is 9.59 Å². The van der Waals surface area contributed by atoms with Crippen molar-refractivity contribution in [2.24, 2.45) is 0 Å². The lowest BCUT2D eigenvalue weighted by Crippen LogP contribution is -2.00. The van der Waals surface area contributed by atoms with Crippen molar-refractivity contribution in [1.82, 2.24) is 0 Å². The number of benzene rings is 10. The van der Waals surface area contributed by atoms with Crippen molar-refractivity contribution < 1.29 is 29.3 Å². The number of hydrogen-bond acceptors (Lipinski definition) is 4. The summed E-state index contributed by atoms with van der Waals surface area (Å²) in [6.45, 7) is 0. The minimum Gasteiger partial charge on any atom is -0.478 e. The molecule has 6 heteroatoms. The van der Waals surface area contributed by atoms with Crippen LogP contribution in [0.3, 0.4) is 0 Å². The number of ether oxygens (including phenoxy) is 2. The molecular formula is C54H34O6. The molecule has 10 aromatic rings. The molecule has 0 aliphatic heterocycles. The van der Waals surface area contributed by atoms with Gasteiger partial charge in [0.1, 0.15) is 23.0 Å². The van der Waals surface area contributed by atoms with Gasteiger partial charge < -0.3 is 19.7 Å². The molecule has 6 nitrogen and oxygen atoms in total.